The van der Waals surface area contributed by atoms with E-state index >= 15 is 0 Å². The molecule has 1 N–H and O–H groups in total. The van der Waals surface area contributed by atoms with Gasteiger partial charge in [-0.05, 0) is 19.3 Å². The second kappa shape index (κ2) is 4.32. The van der Waals surface area contributed by atoms with Gasteiger partial charge in [0, 0.05) is 18.8 Å². The van der Waals surface area contributed by atoms with E-state index in [1.54, 1.807) is 6.20 Å². The van der Waals surface area contributed by atoms with Crippen molar-refractivity contribution in [1.29, 1.82) is 0 Å². The highest BCUT2D eigenvalue weighted by molar-refractivity contribution is 6.30. The fourth-order valence-electron chi connectivity index (χ4n) is 1.53. The van der Waals surface area contributed by atoms with Gasteiger partial charge in [-0.25, -0.2) is 0 Å². The summed E-state index contributed by atoms with van der Waals surface area (Å²) in [5.74, 6) is 0. The molecule has 1 aromatic heterocycles. The van der Waals surface area contributed by atoms with Gasteiger partial charge in [-0.3, -0.25) is 4.68 Å². The van der Waals surface area contributed by atoms with Gasteiger partial charge in [0.25, 0.3) is 0 Å². The molecule has 1 saturated carbocycles. The van der Waals surface area contributed by atoms with E-state index in [0.717, 1.165) is 24.0 Å². The Morgan fingerprint density at radius 3 is 3.00 bits per heavy atom. The third-order valence-electron chi connectivity index (χ3n) is 2.63. The minimum Gasteiger partial charge on any atom is -0.312 e. The molecule has 0 bridgehead atoms. The van der Waals surface area contributed by atoms with Crippen LogP contribution in [0.4, 0.5) is 0 Å². The van der Waals surface area contributed by atoms with E-state index in [1.165, 1.54) is 12.8 Å². The molecule has 0 aromatic carbocycles. The summed E-state index contributed by atoms with van der Waals surface area (Å²) in [7, 11) is 0. The first-order chi connectivity index (χ1) is 6.79. The van der Waals surface area contributed by atoms with Gasteiger partial charge in [-0.2, -0.15) is 5.10 Å². The van der Waals surface area contributed by atoms with Gasteiger partial charge in [0.15, 0.2) is 0 Å². The Balaban J connectivity index is 1.90. The lowest BCUT2D eigenvalue weighted by atomic mass is 10.2. The summed E-state index contributed by atoms with van der Waals surface area (Å²) in [6.45, 7) is 3.17. The van der Waals surface area contributed by atoms with Crippen LogP contribution in [0.25, 0.3) is 0 Å². The van der Waals surface area contributed by atoms with Gasteiger partial charge >= 0.3 is 0 Å². The topological polar surface area (TPSA) is 29.9 Å². The average Bonchev–Trinajstić information content (AvgIpc) is 2.90. The second-order valence-electron chi connectivity index (χ2n) is 3.88. The fraction of sp³-hybridized carbons (Fsp3) is 0.700. The van der Waals surface area contributed by atoms with Crippen molar-refractivity contribution in [2.45, 2.75) is 38.3 Å². The minimum absolute atomic E-state index is 0.433. The molecular formula is C10H16ClN3. The number of nitrogens with one attached hydrogen (secondary N) is 1. The molecule has 2 rings (SSSR count). The zero-order chi connectivity index (χ0) is 9.97. The Morgan fingerprint density at radius 2 is 2.50 bits per heavy atom. The molecule has 1 aromatic rings. The smallest absolute Gasteiger partial charge is 0.0785 e. The van der Waals surface area contributed by atoms with E-state index in [-0.39, 0.29) is 0 Å². The number of hydrogen-bond acceptors (Lipinski definition) is 2. The molecular weight excluding hydrogens is 198 g/mol. The predicted octanol–water partition coefficient (Wildman–Crippen LogP) is 2.24. The number of aromatic nitrogens is 2. The van der Waals surface area contributed by atoms with Crippen molar-refractivity contribution in [2.75, 3.05) is 6.54 Å². The number of halogens is 1. The van der Waals surface area contributed by atoms with E-state index in [1.807, 2.05) is 10.9 Å². The van der Waals surface area contributed by atoms with E-state index in [9.17, 15) is 0 Å². The lowest BCUT2D eigenvalue weighted by molar-refractivity contribution is 0.411. The summed E-state index contributed by atoms with van der Waals surface area (Å²) in [5.41, 5.74) is 0. The Morgan fingerprint density at radius 1 is 1.71 bits per heavy atom. The Kier molecular flexibility index (Phi) is 3.08. The summed E-state index contributed by atoms with van der Waals surface area (Å²) in [5, 5.41) is 8.46. The maximum atomic E-state index is 5.83. The summed E-state index contributed by atoms with van der Waals surface area (Å²) in [6.07, 6.45) is 7.33. The van der Waals surface area contributed by atoms with Crippen LogP contribution >= 0.6 is 11.6 Å². The summed E-state index contributed by atoms with van der Waals surface area (Å²) in [6, 6.07) is 1.19. The Hall–Kier alpha value is -0.540. The largest absolute Gasteiger partial charge is 0.312 e. The molecule has 78 valence electrons. The molecule has 1 atom stereocenters. The molecule has 1 fully saturated rings. The van der Waals surface area contributed by atoms with Gasteiger partial charge in [0.1, 0.15) is 0 Å². The van der Waals surface area contributed by atoms with Crippen LogP contribution in [-0.2, 0) is 0 Å². The summed E-state index contributed by atoms with van der Waals surface area (Å²) < 4.78 is 1.96. The summed E-state index contributed by atoms with van der Waals surface area (Å²) >= 11 is 5.83. The quantitative estimate of drug-likeness (QED) is 0.813. The normalized spacial score (nSPS) is 18.4. The molecule has 1 unspecified atom stereocenters. The average molecular weight is 214 g/mol. The Labute approximate surface area is 89.4 Å². The second-order valence-corrected chi connectivity index (χ2v) is 4.32. The lowest BCUT2D eigenvalue weighted by Gasteiger charge is -2.15. The van der Waals surface area contributed by atoms with E-state index in [0.29, 0.717) is 6.04 Å². The zero-order valence-electron chi connectivity index (χ0n) is 8.41. The number of hydrogen-bond donors (Lipinski definition) is 1. The molecule has 4 heteroatoms. The highest BCUT2D eigenvalue weighted by atomic mass is 35.5. The first-order valence-corrected chi connectivity index (χ1v) is 5.60. The van der Waals surface area contributed by atoms with Crippen LogP contribution in [0.1, 0.15) is 32.2 Å². The van der Waals surface area contributed by atoms with Gasteiger partial charge in [0.2, 0.25) is 0 Å². The van der Waals surface area contributed by atoms with Crippen molar-refractivity contribution in [3.05, 3.63) is 17.4 Å². The van der Waals surface area contributed by atoms with Crippen molar-refractivity contribution >= 4 is 11.6 Å². The van der Waals surface area contributed by atoms with Gasteiger partial charge in [-0.1, -0.05) is 18.5 Å². The Bertz CT molecular complexity index is 293. The van der Waals surface area contributed by atoms with Crippen molar-refractivity contribution in [1.82, 2.24) is 15.1 Å². The third-order valence-corrected chi connectivity index (χ3v) is 2.83. The summed E-state index contributed by atoms with van der Waals surface area (Å²) in [4.78, 5) is 0. The molecule has 0 aliphatic heterocycles. The van der Waals surface area contributed by atoms with Crippen LogP contribution in [0.5, 0.6) is 0 Å². The molecule has 14 heavy (non-hydrogen) atoms. The van der Waals surface area contributed by atoms with E-state index in [4.69, 9.17) is 11.6 Å². The zero-order valence-corrected chi connectivity index (χ0v) is 9.17. The van der Waals surface area contributed by atoms with E-state index < -0.39 is 0 Å². The molecule has 3 nitrogen and oxygen atoms in total. The molecule has 1 aliphatic rings. The highest BCUT2D eigenvalue weighted by Gasteiger charge is 2.22. The van der Waals surface area contributed by atoms with Crippen LogP contribution in [0, 0.1) is 0 Å². The molecule has 1 aliphatic carbocycles. The van der Waals surface area contributed by atoms with Crippen molar-refractivity contribution in [2.24, 2.45) is 0 Å². The van der Waals surface area contributed by atoms with Gasteiger partial charge in [-0.15, -0.1) is 0 Å². The van der Waals surface area contributed by atoms with E-state index in [2.05, 4.69) is 17.3 Å². The number of rotatable bonds is 5. The monoisotopic (exact) mass is 213 g/mol. The third kappa shape index (κ3) is 2.49. The predicted molar refractivity (Wildman–Crippen MR) is 57.6 cm³/mol. The van der Waals surface area contributed by atoms with Crippen LogP contribution in [-0.4, -0.2) is 22.4 Å². The van der Waals surface area contributed by atoms with Crippen molar-refractivity contribution in [3.8, 4) is 0 Å². The van der Waals surface area contributed by atoms with Gasteiger partial charge in [0.05, 0.1) is 17.3 Å². The standard InChI is InChI=1S/C10H16ClN3/c1-2-10(6-12-9-3-4-9)14-7-8(11)5-13-14/h5,7,9-10,12H,2-4,6H2,1H3. The molecule has 1 heterocycles. The van der Waals surface area contributed by atoms with Crippen LogP contribution in [0.2, 0.25) is 5.02 Å². The maximum Gasteiger partial charge on any atom is 0.0785 e. The SMILES string of the molecule is CCC(CNC1CC1)n1cc(Cl)cn1. The lowest BCUT2D eigenvalue weighted by Crippen LogP contribution is -2.26. The molecule has 0 spiro atoms. The highest BCUT2D eigenvalue weighted by Crippen LogP contribution is 2.20. The van der Waals surface area contributed by atoms with Crippen molar-refractivity contribution in [3.63, 3.8) is 0 Å². The molecule has 0 saturated heterocycles. The minimum atomic E-state index is 0.433. The van der Waals surface area contributed by atoms with Crippen LogP contribution in [0.3, 0.4) is 0 Å². The maximum absolute atomic E-state index is 5.83. The van der Waals surface area contributed by atoms with Crippen LogP contribution < -0.4 is 5.32 Å². The van der Waals surface area contributed by atoms with Crippen LogP contribution in [0.15, 0.2) is 12.4 Å². The van der Waals surface area contributed by atoms with Gasteiger partial charge < -0.3 is 5.32 Å². The molecule has 0 radical (unpaired) electrons. The van der Waals surface area contributed by atoms with Crippen molar-refractivity contribution < 1.29 is 0 Å². The first-order valence-electron chi connectivity index (χ1n) is 5.22. The number of nitrogens with zero attached hydrogens (tertiary/aromatic N) is 2. The molecule has 0 amide bonds. The first kappa shape index (κ1) is 9.99. The fourth-order valence-corrected chi connectivity index (χ4v) is 1.67.